The van der Waals surface area contributed by atoms with Crippen LogP contribution in [0.2, 0.25) is 0 Å². The van der Waals surface area contributed by atoms with Crippen LogP contribution in [0.4, 0.5) is 10.1 Å². The summed E-state index contributed by atoms with van der Waals surface area (Å²) in [7, 11) is 0. The zero-order valence-electron chi connectivity index (χ0n) is 20.8. The minimum Gasteiger partial charge on any atom is -0.336 e. The minimum atomic E-state index is -0.515. The molecule has 0 saturated carbocycles. The third-order valence-corrected chi connectivity index (χ3v) is 7.06. The van der Waals surface area contributed by atoms with Crippen molar-refractivity contribution in [2.75, 3.05) is 5.32 Å². The monoisotopic (exact) mass is 526 g/mol. The number of amides is 1. The van der Waals surface area contributed by atoms with E-state index in [0.717, 1.165) is 16.1 Å². The second-order valence-electron chi connectivity index (χ2n) is 9.44. The molecule has 0 aliphatic carbocycles. The number of aromatic nitrogens is 7. The van der Waals surface area contributed by atoms with Crippen LogP contribution >= 0.6 is 11.3 Å². The van der Waals surface area contributed by atoms with Crippen molar-refractivity contribution in [1.82, 2.24) is 35.1 Å². The average Bonchev–Trinajstić information content (AvgIpc) is 3.61. The van der Waals surface area contributed by atoms with Gasteiger partial charge in [0.2, 0.25) is 5.91 Å². The van der Waals surface area contributed by atoms with Crippen LogP contribution in [-0.2, 0) is 4.79 Å². The molecular formula is C27H23FN8OS. The second-order valence-corrected chi connectivity index (χ2v) is 10.7. The van der Waals surface area contributed by atoms with E-state index in [2.05, 4.69) is 35.5 Å². The Kier molecular flexibility index (Phi) is 5.91. The lowest BCUT2D eigenvalue weighted by molar-refractivity contribution is -0.116. The summed E-state index contributed by atoms with van der Waals surface area (Å²) in [5.41, 5.74) is 4.01. The molecule has 0 unspecified atom stereocenters. The summed E-state index contributed by atoms with van der Waals surface area (Å²) in [4.78, 5) is 35.5. The molecule has 9 nitrogen and oxygen atoms in total. The number of carbonyl (C=O) groups is 1. The summed E-state index contributed by atoms with van der Waals surface area (Å²) >= 11 is 1.63. The highest BCUT2D eigenvalue weighted by Gasteiger charge is 2.22. The largest absolute Gasteiger partial charge is 0.336 e. The number of fused-ring (bicyclic) bond motifs is 2. The van der Waals surface area contributed by atoms with Crippen LogP contribution in [0.5, 0.6) is 0 Å². The van der Waals surface area contributed by atoms with E-state index in [1.54, 1.807) is 23.6 Å². The van der Waals surface area contributed by atoms with Gasteiger partial charge in [-0.2, -0.15) is 5.10 Å². The molecule has 0 bridgehead atoms. The molecule has 3 N–H and O–H groups in total. The van der Waals surface area contributed by atoms with Crippen LogP contribution in [0.25, 0.3) is 55.3 Å². The van der Waals surface area contributed by atoms with Gasteiger partial charge in [0.05, 0.1) is 27.7 Å². The Morgan fingerprint density at radius 2 is 2.00 bits per heavy atom. The quantitative estimate of drug-likeness (QED) is 0.240. The predicted molar refractivity (Wildman–Crippen MR) is 146 cm³/mol. The van der Waals surface area contributed by atoms with Crippen molar-refractivity contribution in [3.63, 3.8) is 0 Å². The van der Waals surface area contributed by atoms with Crippen LogP contribution < -0.4 is 5.32 Å². The number of carbonyl (C=O) groups excluding carboxylic acids is 1. The van der Waals surface area contributed by atoms with Gasteiger partial charge < -0.3 is 10.3 Å². The number of nitrogens with one attached hydrogen (secondary N) is 3. The number of anilines is 1. The number of pyridine rings is 3. The zero-order chi connectivity index (χ0) is 26.4. The third-order valence-electron chi connectivity index (χ3n) is 6.05. The van der Waals surface area contributed by atoms with E-state index in [0.29, 0.717) is 40.4 Å². The Hall–Kier alpha value is -4.51. The van der Waals surface area contributed by atoms with Crippen molar-refractivity contribution >= 4 is 45.0 Å². The fourth-order valence-corrected chi connectivity index (χ4v) is 5.22. The summed E-state index contributed by atoms with van der Waals surface area (Å²) in [6.45, 7) is 5.98. The Balaban J connectivity index is 1.42. The van der Waals surface area contributed by atoms with E-state index in [1.165, 1.54) is 23.5 Å². The number of hydrogen-bond donors (Lipinski definition) is 3. The molecule has 11 heteroatoms. The molecule has 6 heterocycles. The number of hydrogen-bond acceptors (Lipinski definition) is 7. The molecule has 0 saturated heterocycles. The third kappa shape index (κ3) is 4.30. The molecule has 190 valence electrons. The molecule has 6 aromatic heterocycles. The molecule has 0 atom stereocenters. The van der Waals surface area contributed by atoms with Gasteiger partial charge in [-0.25, -0.2) is 14.4 Å². The number of H-pyrrole nitrogens is 2. The molecule has 38 heavy (non-hydrogen) atoms. The van der Waals surface area contributed by atoms with Gasteiger partial charge in [-0.05, 0) is 37.1 Å². The Labute approximate surface area is 220 Å². The second kappa shape index (κ2) is 9.42. The number of imidazole rings is 1. The SMILES string of the molecule is Cc1ccc(-c2nccc3[nH]c(-c4n[nH]c5ncc(-c6cncc(NC(=O)CC(C)C)c6)c(F)c45)nc23)s1. The molecule has 6 rings (SSSR count). The maximum Gasteiger partial charge on any atom is 0.224 e. The summed E-state index contributed by atoms with van der Waals surface area (Å²) in [6, 6.07) is 7.56. The normalized spacial score (nSPS) is 11.6. The lowest BCUT2D eigenvalue weighted by Crippen LogP contribution is -2.14. The average molecular weight is 527 g/mol. The number of aryl methyl sites for hydroxylation is 1. The lowest BCUT2D eigenvalue weighted by atomic mass is 10.1. The fraction of sp³-hybridized carbons (Fsp3) is 0.185. The van der Waals surface area contributed by atoms with Crippen LogP contribution in [0.3, 0.4) is 0 Å². The first-order valence-electron chi connectivity index (χ1n) is 12.1. The maximum absolute atomic E-state index is 16.0. The summed E-state index contributed by atoms with van der Waals surface area (Å²) in [5.74, 6) is -0.0193. The van der Waals surface area contributed by atoms with Crippen molar-refractivity contribution in [2.45, 2.75) is 27.2 Å². The number of halogens is 1. The van der Waals surface area contributed by atoms with Crippen LogP contribution in [0, 0.1) is 18.7 Å². The number of aromatic amines is 2. The molecule has 0 aliphatic heterocycles. The standard InChI is InChI=1S/C27H23FN8OS/c1-13(2)8-20(37)32-16-9-15(10-29-11-16)17-12-31-26-21(22(17)28)25(35-36-26)27-33-18-6-7-30-24(23(18)34-27)19-5-4-14(3)38-19/h4-7,9-13H,8H2,1-3H3,(H,32,37)(H,33,34)(H,31,35,36). The first-order chi connectivity index (χ1) is 18.4. The Morgan fingerprint density at radius 3 is 2.79 bits per heavy atom. The smallest absolute Gasteiger partial charge is 0.224 e. The molecule has 6 aromatic rings. The van der Waals surface area contributed by atoms with E-state index >= 15 is 4.39 Å². The number of thiophene rings is 1. The Bertz CT molecular complexity index is 1820. The highest BCUT2D eigenvalue weighted by Crippen LogP contribution is 2.35. The van der Waals surface area contributed by atoms with E-state index in [9.17, 15) is 4.79 Å². The van der Waals surface area contributed by atoms with E-state index in [-0.39, 0.29) is 22.8 Å². The molecule has 0 aromatic carbocycles. The lowest BCUT2D eigenvalue weighted by Gasteiger charge is -2.09. The van der Waals surface area contributed by atoms with Gasteiger partial charge in [0.1, 0.15) is 22.7 Å². The van der Waals surface area contributed by atoms with Gasteiger partial charge in [-0.1, -0.05) is 13.8 Å². The first kappa shape index (κ1) is 23.9. The van der Waals surface area contributed by atoms with Crippen LogP contribution in [-0.4, -0.2) is 41.0 Å². The fourth-order valence-electron chi connectivity index (χ4n) is 4.36. The van der Waals surface area contributed by atoms with Gasteiger partial charge in [-0.15, -0.1) is 11.3 Å². The predicted octanol–water partition coefficient (Wildman–Crippen LogP) is 6.12. The zero-order valence-corrected chi connectivity index (χ0v) is 21.7. The van der Waals surface area contributed by atoms with Gasteiger partial charge in [-0.3, -0.25) is 19.9 Å². The van der Waals surface area contributed by atoms with Crippen molar-refractivity contribution < 1.29 is 9.18 Å². The number of nitrogens with zero attached hydrogens (tertiary/aromatic N) is 5. The van der Waals surface area contributed by atoms with Crippen molar-refractivity contribution in [3.05, 3.63) is 59.7 Å². The Morgan fingerprint density at radius 1 is 1.13 bits per heavy atom. The molecule has 0 aliphatic rings. The topological polar surface area (TPSA) is 125 Å². The molecule has 0 fully saturated rings. The minimum absolute atomic E-state index is 0.124. The van der Waals surface area contributed by atoms with Crippen molar-refractivity contribution in [2.24, 2.45) is 5.92 Å². The summed E-state index contributed by atoms with van der Waals surface area (Å²) in [5, 5.41) is 10.2. The van der Waals surface area contributed by atoms with Gasteiger partial charge in [0.25, 0.3) is 0 Å². The van der Waals surface area contributed by atoms with E-state index in [4.69, 9.17) is 4.98 Å². The summed E-state index contributed by atoms with van der Waals surface area (Å²) in [6.07, 6.45) is 6.59. The van der Waals surface area contributed by atoms with E-state index in [1.807, 2.05) is 39.0 Å². The maximum atomic E-state index is 16.0. The summed E-state index contributed by atoms with van der Waals surface area (Å²) < 4.78 is 16.0. The molecule has 0 spiro atoms. The van der Waals surface area contributed by atoms with Crippen LogP contribution in [0.15, 0.2) is 49.1 Å². The first-order valence-corrected chi connectivity index (χ1v) is 12.9. The molecule has 0 radical (unpaired) electrons. The van der Waals surface area contributed by atoms with Crippen LogP contribution in [0.1, 0.15) is 25.1 Å². The highest BCUT2D eigenvalue weighted by atomic mass is 32.1. The molecule has 1 amide bonds. The van der Waals surface area contributed by atoms with Crippen molar-refractivity contribution in [1.29, 1.82) is 0 Å². The number of rotatable bonds is 6. The molecular weight excluding hydrogens is 503 g/mol. The van der Waals surface area contributed by atoms with E-state index < -0.39 is 5.82 Å². The van der Waals surface area contributed by atoms with Gasteiger partial charge in [0.15, 0.2) is 11.5 Å². The van der Waals surface area contributed by atoms with Gasteiger partial charge >= 0.3 is 0 Å². The highest BCUT2D eigenvalue weighted by molar-refractivity contribution is 7.15. The van der Waals surface area contributed by atoms with Crippen molar-refractivity contribution in [3.8, 4) is 33.2 Å². The van der Waals surface area contributed by atoms with Gasteiger partial charge in [0, 0.05) is 41.0 Å².